The van der Waals surface area contributed by atoms with Crippen LogP contribution in [0.1, 0.15) is 25.3 Å². The maximum absolute atomic E-state index is 13.7. The van der Waals surface area contributed by atoms with Crippen LogP contribution in [-0.2, 0) is 14.8 Å². The van der Waals surface area contributed by atoms with Gasteiger partial charge in [0.1, 0.15) is 11.6 Å². The van der Waals surface area contributed by atoms with Gasteiger partial charge in [-0.05, 0) is 35.7 Å². The van der Waals surface area contributed by atoms with E-state index in [0.29, 0.717) is 5.75 Å². The van der Waals surface area contributed by atoms with Crippen LogP contribution in [0, 0.1) is 5.82 Å². The summed E-state index contributed by atoms with van der Waals surface area (Å²) in [5.41, 5.74) is 1.00. The molecule has 140 valence electrons. The average molecular weight is 380 g/mol. The van der Waals surface area contributed by atoms with E-state index in [9.17, 15) is 17.6 Å². The summed E-state index contributed by atoms with van der Waals surface area (Å²) < 4.78 is 43.8. The van der Waals surface area contributed by atoms with Crippen LogP contribution in [0.5, 0.6) is 5.75 Å². The van der Waals surface area contributed by atoms with Gasteiger partial charge in [-0.2, -0.15) is 0 Å². The molecule has 0 saturated heterocycles. The summed E-state index contributed by atoms with van der Waals surface area (Å²) >= 11 is 0. The average Bonchev–Trinajstić information content (AvgIpc) is 2.55. The van der Waals surface area contributed by atoms with Crippen LogP contribution in [0.25, 0.3) is 0 Å². The fourth-order valence-electron chi connectivity index (χ4n) is 2.31. The van der Waals surface area contributed by atoms with Crippen molar-refractivity contribution in [2.24, 2.45) is 0 Å². The summed E-state index contributed by atoms with van der Waals surface area (Å²) in [7, 11) is -3.63. The molecule has 0 radical (unpaired) electrons. The summed E-state index contributed by atoms with van der Waals surface area (Å²) in [6.45, 7) is 3.82. The third-order valence-electron chi connectivity index (χ3n) is 3.45. The Bertz CT molecular complexity index is 898. The van der Waals surface area contributed by atoms with Crippen molar-refractivity contribution in [3.63, 3.8) is 0 Å². The van der Waals surface area contributed by atoms with Crippen molar-refractivity contribution in [1.29, 1.82) is 0 Å². The first kappa shape index (κ1) is 19.7. The molecule has 0 bridgehead atoms. The van der Waals surface area contributed by atoms with Gasteiger partial charge in [0.15, 0.2) is 6.61 Å². The van der Waals surface area contributed by atoms with Crippen LogP contribution >= 0.6 is 0 Å². The number of amides is 1. The van der Waals surface area contributed by atoms with Crippen molar-refractivity contribution in [1.82, 2.24) is 0 Å². The van der Waals surface area contributed by atoms with Crippen LogP contribution in [0.3, 0.4) is 0 Å². The number of para-hydroxylation sites is 1. The van der Waals surface area contributed by atoms with E-state index < -0.39 is 21.7 Å². The fraction of sp³-hybridized carbons (Fsp3) is 0.278. The minimum atomic E-state index is -3.63. The molecule has 0 aliphatic rings. The molecule has 0 atom stereocenters. The number of halogens is 1. The SMILES string of the molecule is CC(C)c1ccccc1OCC(=O)Nc1ccc(F)c(NS(C)(=O)=O)c1. The Morgan fingerprint density at radius 3 is 2.54 bits per heavy atom. The molecule has 1 amide bonds. The maximum atomic E-state index is 13.7. The molecule has 2 N–H and O–H groups in total. The Kier molecular flexibility index (Phi) is 6.20. The van der Waals surface area contributed by atoms with Crippen molar-refractivity contribution in [3.8, 4) is 5.75 Å². The minimum absolute atomic E-state index is 0.226. The van der Waals surface area contributed by atoms with E-state index in [1.165, 1.54) is 12.1 Å². The van der Waals surface area contributed by atoms with Crippen molar-refractivity contribution >= 4 is 27.3 Å². The van der Waals surface area contributed by atoms with Crippen molar-refractivity contribution in [3.05, 3.63) is 53.8 Å². The Morgan fingerprint density at radius 1 is 1.19 bits per heavy atom. The first-order valence-electron chi connectivity index (χ1n) is 7.94. The summed E-state index contributed by atoms with van der Waals surface area (Å²) in [6.07, 6.45) is 0.914. The number of rotatable bonds is 7. The van der Waals surface area contributed by atoms with Crippen molar-refractivity contribution < 1.29 is 22.3 Å². The Balaban J connectivity index is 2.03. The Hall–Kier alpha value is -2.61. The zero-order chi connectivity index (χ0) is 19.3. The Labute approximate surface area is 152 Å². The first-order chi connectivity index (χ1) is 12.2. The van der Waals surface area contributed by atoms with Crippen molar-refractivity contribution in [2.45, 2.75) is 19.8 Å². The number of sulfonamides is 1. The van der Waals surface area contributed by atoms with E-state index in [1.807, 2.05) is 32.0 Å². The van der Waals surface area contributed by atoms with E-state index in [-0.39, 0.29) is 23.9 Å². The molecule has 0 aromatic heterocycles. The van der Waals surface area contributed by atoms with Gasteiger partial charge in [-0.25, -0.2) is 12.8 Å². The lowest BCUT2D eigenvalue weighted by molar-refractivity contribution is -0.118. The van der Waals surface area contributed by atoms with Crippen LogP contribution in [-0.4, -0.2) is 27.2 Å². The lowest BCUT2D eigenvalue weighted by atomic mass is 10.0. The molecule has 2 aromatic rings. The van der Waals surface area contributed by atoms with Gasteiger partial charge >= 0.3 is 0 Å². The normalized spacial score (nSPS) is 11.3. The first-order valence-corrected chi connectivity index (χ1v) is 9.84. The van der Waals surface area contributed by atoms with E-state index in [1.54, 1.807) is 6.07 Å². The molecule has 2 aromatic carbocycles. The molecule has 0 aliphatic heterocycles. The number of ether oxygens (including phenoxy) is 1. The summed E-state index contributed by atoms with van der Waals surface area (Å²) in [4.78, 5) is 12.1. The van der Waals surface area contributed by atoms with Crippen molar-refractivity contribution in [2.75, 3.05) is 22.9 Å². The largest absolute Gasteiger partial charge is 0.483 e. The maximum Gasteiger partial charge on any atom is 0.262 e. The lowest BCUT2D eigenvalue weighted by Crippen LogP contribution is -2.21. The quantitative estimate of drug-likeness (QED) is 0.772. The molecule has 2 rings (SSSR count). The van der Waals surface area contributed by atoms with Gasteiger partial charge < -0.3 is 10.1 Å². The predicted molar refractivity (Wildman–Crippen MR) is 99.5 cm³/mol. The number of carbonyl (C=O) groups excluding carboxylic acids is 1. The van der Waals surface area contributed by atoms with E-state index in [2.05, 4.69) is 10.0 Å². The van der Waals surface area contributed by atoms with E-state index in [4.69, 9.17) is 4.74 Å². The van der Waals surface area contributed by atoms with E-state index in [0.717, 1.165) is 17.9 Å². The highest BCUT2D eigenvalue weighted by atomic mass is 32.2. The summed E-state index contributed by atoms with van der Waals surface area (Å²) in [5, 5.41) is 2.55. The van der Waals surface area contributed by atoms with Crippen LogP contribution in [0.2, 0.25) is 0 Å². The van der Waals surface area contributed by atoms with Gasteiger partial charge in [-0.3, -0.25) is 9.52 Å². The zero-order valence-corrected chi connectivity index (χ0v) is 15.6. The fourth-order valence-corrected chi connectivity index (χ4v) is 2.87. The molecule has 0 saturated carbocycles. The molecule has 26 heavy (non-hydrogen) atoms. The van der Waals surface area contributed by atoms with Crippen LogP contribution in [0.15, 0.2) is 42.5 Å². The molecule has 6 nitrogen and oxygen atoms in total. The van der Waals surface area contributed by atoms with Crippen LogP contribution < -0.4 is 14.8 Å². The monoisotopic (exact) mass is 380 g/mol. The Morgan fingerprint density at radius 2 is 1.88 bits per heavy atom. The number of benzene rings is 2. The predicted octanol–water partition coefficient (Wildman–Crippen LogP) is 3.34. The van der Waals surface area contributed by atoms with Gasteiger partial charge in [-0.15, -0.1) is 0 Å². The second-order valence-corrected chi connectivity index (χ2v) is 7.85. The third-order valence-corrected chi connectivity index (χ3v) is 4.04. The summed E-state index contributed by atoms with van der Waals surface area (Å²) in [5.74, 6) is -0.316. The topological polar surface area (TPSA) is 84.5 Å². The summed E-state index contributed by atoms with van der Waals surface area (Å²) in [6, 6.07) is 11.0. The number of hydrogen-bond acceptors (Lipinski definition) is 4. The minimum Gasteiger partial charge on any atom is -0.483 e. The molecule has 0 heterocycles. The van der Waals surface area contributed by atoms with E-state index >= 15 is 0 Å². The molecule has 0 aliphatic carbocycles. The molecule has 0 spiro atoms. The number of anilines is 2. The zero-order valence-electron chi connectivity index (χ0n) is 14.7. The highest BCUT2D eigenvalue weighted by Gasteiger charge is 2.12. The van der Waals surface area contributed by atoms with Gasteiger partial charge in [0.25, 0.3) is 5.91 Å². The lowest BCUT2D eigenvalue weighted by Gasteiger charge is -2.14. The van der Waals surface area contributed by atoms with Gasteiger partial charge in [0, 0.05) is 5.69 Å². The smallest absolute Gasteiger partial charge is 0.262 e. The second-order valence-electron chi connectivity index (χ2n) is 6.10. The number of carbonyl (C=O) groups is 1. The number of hydrogen-bond donors (Lipinski definition) is 2. The second kappa shape index (κ2) is 8.18. The molecule has 0 fully saturated rings. The highest BCUT2D eigenvalue weighted by Crippen LogP contribution is 2.26. The molecular formula is C18H21FN2O4S. The molecule has 0 unspecified atom stereocenters. The van der Waals surface area contributed by atoms with Crippen LogP contribution in [0.4, 0.5) is 15.8 Å². The van der Waals surface area contributed by atoms with Gasteiger partial charge in [0.05, 0.1) is 11.9 Å². The third kappa shape index (κ3) is 5.73. The highest BCUT2D eigenvalue weighted by molar-refractivity contribution is 7.92. The van der Waals surface area contributed by atoms with Gasteiger partial charge in [0.2, 0.25) is 10.0 Å². The number of nitrogens with one attached hydrogen (secondary N) is 2. The standard InChI is InChI=1S/C18H21FN2O4S/c1-12(2)14-6-4-5-7-17(14)25-11-18(22)20-13-8-9-15(19)16(10-13)21-26(3,23)24/h4-10,12,21H,11H2,1-3H3,(H,20,22). The van der Waals surface area contributed by atoms with Gasteiger partial charge in [-0.1, -0.05) is 32.0 Å². The molecule has 8 heteroatoms. The molecular weight excluding hydrogens is 359 g/mol.